The van der Waals surface area contributed by atoms with Gasteiger partial charge in [-0.15, -0.1) is 0 Å². The molecule has 0 amide bonds. The zero-order valence-corrected chi connectivity index (χ0v) is 21.1. The van der Waals surface area contributed by atoms with Crippen molar-refractivity contribution in [1.82, 2.24) is 0 Å². The van der Waals surface area contributed by atoms with Crippen molar-refractivity contribution >= 4 is 0 Å². The summed E-state index contributed by atoms with van der Waals surface area (Å²) >= 11 is 0. The van der Waals surface area contributed by atoms with Gasteiger partial charge in [0.1, 0.15) is 0 Å². The predicted octanol–water partition coefficient (Wildman–Crippen LogP) is 1.82. The molecule has 7 heteroatoms. The minimum atomic E-state index is -1.37. The van der Waals surface area contributed by atoms with Crippen LogP contribution in [0.3, 0.4) is 0 Å². The van der Waals surface area contributed by atoms with Crippen LogP contribution < -0.4 is 0 Å². The van der Waals surface area contributed by atoms with Crippen LogP contribution in [-0.2, 0) is 9.47 Å². The van der Waals surface area contributed by atoms with Crippen molar-refractivity contribution in [3.05, 3.63) is 0 Å². The lowest BCUT2D eigenvalue weighted by Gasteiger charge is -2.66. The minimum Gasteiger partial charge on any atom is -0.393 e. The summed E-state index contributed by atoms with van der Waals surface area (Å²) in [6.07, 6.45) is 1.17. The maximum atomic E-state index is 11.7. The third-order valence-electron chi connectivity index (χ3n) is 12.3. The van der Waals surface area contributed by atoms with E-state index < -0.39 is 41.2 Å². The SMILES string of the molecule is C[C@@H]1CO[C@]2(C[C@@H]1O)O[C@H]1C[C@H]3[C@@H]4C[C@@H](O)[C@@]5(O)C[C@@H](O)[C@H](O)C[C@]5(C)[C@H]4CC[C@]3(C)[C@H]1[C@@H]2C. The van der Waals surface area contributed by atoms with Crippen molar-refractivity contribution in [2.45, 2.75) is 115 Å². The molecule has 6 aliphatic rings. The second-order valence-electron chi connectivity index (χ2n) is 13.6. The predicted molar refractivity (Wildman–Crippen MR) is 123 cm³/mol. The summed E-state index contributed by atoms with van der Waals surface area (Å²) in [4.78, 5) is 0. The number of fused-ring (bicyclic) bond motifs is 7. The lowest BCUT2D eigenvalue weighted by Crippen LogP contribution is -2.70. The Bertz CT molecular complexity index is 838. The van der Waals surface area contributed by atoms with Crippen molar-refractivity contribution in [2.24, 2.45) is 46.3 Å². The number of aliphatic hydroxyl groups excluding tert-OH is 4. The first kappa shape index (κ1) is 24.1. The van der Waals surface area contributed by atoms with Gasteiger partial charge in [0.2, 0.25) is 0 Å². The summed E-state index contributed by atoms with van der Waals surface area (Å²) in [5.41, 5.74) is -1.95. The van der Waals surface area contributed by atoms with Crippen LogP contribution in [0.4, 0.5) is 0 Å². The molecule has 2 saturated heterocycles. The standard InChI is InChI=1S/C27H44O7/c1-13-12-33-27(11-18(13)28)14(2)23-21(34-27)8-17-15-7-22(31)26(32)10-20(30)19(29)9-25(26,4)16(15)5-6-24(17,23)3/h13-23,28-32H,5-12H2,1-4H3/t13-,14+,15-,16+,17+,18+,19-,20-,21+,22-,23+,24+,25-,26+,27-/m1/s1. The molecule has 0 bridgehead atoms. The molecule has 15 atom stereocenters. The van der Waals surface area contributed by atoms with Crippen molar-refractivity contribution in [3.8, 4) is 0 Å². The molecule has 194 valence electrons. The molecule has 34 heavy (non-hydrogen) atoms. The molecule has 1 spiro atoms. The van der Waals surface area contributed by atoms with Gasteiger partial charge in [-0.3, -0.25) is 0 Å². The molecule has 2 aliphatic heterocycles. The van der Waals surface area contributed by atoms with Crippen LogP contribution in [0, 0.1) is 46.3 Å². The molecule has 6 fully saturated rings. The average Bonchev–Trinajstić information content (AvgIpc) is 3.20. The number of rotatable bonds is 0. The fourth-order valence-electron chi connectivity index (χ4n) is 10.3. The quantitative estimate of drug-likeness (QED) is 0.359. The highest BCUT2D eigenvalue weighted by Gasteiger charge is 2.72. The van der Waals surface area contributed by atoms with E-state index in [1.54, 1.807) is 0 Å². The normalized spacial score (nSPS) is 65.4. The number of hydrogen-bond donors (Lipinski definition) is 5. The van der Waals surface area contributed by atoms with Gasteiger partial charge in [-0.25, -0.2) is 0 Å². The third-order valence-corrected chi connectivity index (χ3v) is 12.3. The van der Waals surface area contributed by atoms with Crippen LogP contribution in [0.5, 0.6) is 0 Å². The topological polar surface area (TPSA) is 120 Å². The lowest BCUT2D eigenvalue weighted by atomic mass is 9.42. The third kappa shape index (κ3) is 2.84. The zero-order chi connectivity index (χ0) is 24.4. The Labute approximate surface area is 202 Å². The van der Waals surface area contributed by atoms with Gasteiger partial charge in [0.25, 0.3) is 0 Å². The number of ether oxygens (including phenoxy) is 2. The van der Waals surface area contributed by atoms with Crippen molar-refractivity contribution in [2.75, 3.05) is 6.61 Å². The van der Waals surface area contributed by atoms with Crippen LogP contribution in [-0.4, -0.2) is 74.0 Å². The summed E-state index contributed by atoms with van der Waals surface area (Å²) in [5, 5.41) is 54.4. The maximum Gasteiger partial charge on any atom is 0.174 e. The van der Waals surface area contributed by atoms with Gasteiger partial charge in [0, 0.05) is 30.1 Å². The van der Waals surface area contributed by atoms with E-state index in [0.717, 1.165) is 19.3 Å². The van der Waals surface area contributed by atoms with E-state index in [2.05, 4.69) is 13.8 Å². The Balaban J connectivity index is 1.30. The van der Waals surface area contributed by atoms with Gasteiger partial charge in [0.15, 0.2) is 5.79 Å². The number of hydrogen-bond acceptors (Lipinski definition) is 7. The van der Waals surface area contributed by atoms with Crippen LogP contribution in [0.25, 0.3) is 0 Å². The summed E-state index contributed by atoms with van der Waals surface area (Å²) in [6, 6.07) is 0. The highest BCUT2D eigenvalue weighted by molar-refractivity contribution is 5.20. The first-order chi connectivity index (χ1) is 15.9. The Morgan fingerprint density at radius 1 is 0.853 bits per heavy atom. The van der Waals surface area contributed by atoms with Gasteiger partial charge >= 0.3 is 0 Å². The van der Waals surface area contributed by atoms with Crippen LogP contribution in [0.2, 0.25) is 0 Å². The van der Waals surface area contributed by atoms with E-state index in [1.165, 1.54) is 0 Å². The van der Waals surface area contributed by atoms with Crippen LogP contribution >= 0.6 is 0 Å². The molecule has 0 aromatic heterocycles. The maximum absolute atomic E-state index is 11.7. The smallest absolute Gasteiger partial charge is 0.174 e. The first-order valence-electron chi connectivity index (χ1n) is 13.6. The molecule has 0 unspecified atom stereocenters. The summed E-state index contributed by atoms with van der Waals surface area (Å²) in [5.74, 6) is 0.743. The molecule has 7 nitrogen and oxygen atoms in total. The summed E-state index contributed by atoms with van der Waals surface area (Å²) in [6.45, 7) is 9.21. The molecule has 6 rings (SSSR count). The fourth-order valence-corrected chi connectivity index (χ4v) is 10.3. The molecule has 4 saturated carbocycles. The Hall–Kier alpha value is -0.280. The average molecular weight is 481 g/mol. The van der Waals surface area contributed by atoms with E-state index in [1.807, 2.05) is 13.8 Å². The molecule has 5 N–H and O–H groups in total. The van der Waals surface area contributed by atoms with Gasteiger partial charge in [-0.2, -0.15) is 0 Å². The zero-order valence-electron chi connectivity index (χ0n) is 21.1. The highest BCUT2D eigenvalue weighted by Crippen LogP contribution is 2.71. The Morgan fingerprint density at radius 3 is 2.26 bits per heavy atom. The minimum absolute atomic E-state index is 0.0307. The first-order valence-corrected chi connectivity index (χ1v) is 13.6. The van der Waals surface area contributed by atoms with E-state index in [-0.39, 0.29) is 41.6 Å². The number of aliphatic hydroxyl groups is 5. The molecule has 2 heterocycles. The highest BCUT2D eigenvalue weighted by atomic mass is 16.7. The Morgan fingerprint density at radius 2 is 1.56 bits per heavy atom. The van der Waals surface area contributed by atoms with Gasteiger partial charge in [-0.05, 0) is 61.2 Å². The summed E-state index contributed by atoms with van der Waals surface area (Å²) < 4.78 is 13.0. The molecule has 0 radical (unpaired) electrons. The van der Waals surface area contributed by atoms with E-state index in [9.17, 15) is 25.5 Å². The van der Waals surface area contributed by atoms with E-state index in [4.69, 9.17) is 9.47 Å². The van der Waals surface area contributed by atoms with Gasteiger partial charge in [0.05, 0.1) is 42.7 Å². The van der Waals surface area contributed by atoms with Gasteiger partial charge < -0.3 is 35.0 Å². The molecular weight excluding hydrogens is 436 g/mol. The molecule has 4 aliphatic carbocycles. The van der Waals surface area contributed by atoms with Crippen LogP contribution in [0.1, 0.15) is 72.6 Å². The van der Waals surface area contributed by atoms with Crippen molar-refractivity contribution < 1.29 is 35.0 Å². The second kappa shape index (κ2) is 7.40. The fraction of sp³-hybridized carbons (Fsp3) is 1.00. The largest absolute Gasteiger partial charge is 0.393 e. The molecule has 0 aromatic carbocycles. The van der Waals surface area contributed by atoms with Crippen LogP contribution in [0.15, 0.2) is 0 Å². The Kier molecular flexibility index (Phi) is 5.24. The van der Waals surface area contributed by atoms with Gasteiger partial charge in [-0.1, -0.05) is 27.7 Å². The van der Waals surface area contributed by atoms with E-state index >= 15 is 0 Å². The molecule has 0 aromatic rings. The molecular formula is C27H44O7. The lowest BCUT2D eigenvalue weighted by molar-refractivity contribution is -0.295. The van der Waals surface area contributed by atoms with Crippen molar-refractivity contribution in [1.29, 1.82) is 0 Å². The summed E-state index contributed by atoms with van der Waals surface area (Å²) in [7, 11) is 0. The monoisotopic (exact) mass is 480 g/mol. The van der Waals surface area contributed by atoms with Crippen molar-refractivity contribution in [3.63, 3.8) is 0 Å². The second-order valence-corrected chi connectivity index (χ2v) is 13.6. The van der Waals surface area contributed by atoms with E-state index in [0.29, 0.717) is 37.7 Å².